The Morgan fingerprint density at radius 1 is 1.06 bits per heavy atom. The van der Waals surface area contributed by atoms with Crippen LogP contribution in [0, 0.1) is 5.82 Å². The normalized spacial score (nSPS) is 15.5. The van der Waals surface area contributed by atoms with Crippen LogP contribution in [0.3, 0.4) is 0 Å². The molecule has 1 saturated heterocycles. The first kappa shape index (κ1) is 22.9. The minimum Gasteiger partial charge on any atom is -0.453 e. The highest BCUT2D eigenvalue weighted by molar-refractivity contribution is 5.92. The lowest BCUT2D eigenvalue weighted by atomic mass is 10.1. The highest BCUT2D eigenvalue weighted by atomic mass is 19.1. The summed E-state index contributed by atoms with van der Waals surface area (Å²) in [5.74, 6) is -0.578. The third kappa shape index (κ3) is 5.58. The number of carbonyl (C=O) groups is 1. The molecule has 0 bridgehead atoms. The van der Waals surface area contributed by atoms with E-state index in [1.165, 1.54) is 18.2 Å². The second-order valence-electron chi connectivity index (χ2n) is 9.27. The molecule has 0 atom stereocenters. The van der Waals surface area contributed by atoms with Crippen LogP contribution in [0.2, 0.25) is 0 Å². The van der Waals surface area contributed by atoms with Crippen molar-refractivity contribution in [3.8, 4) is 11.5 Å². The predicted octanol–water partition coefficient (Wildman–Crippen LogP) is 3.81. The molecule has 1 amide bonds. The molecule has 0 aliphatic carbocycles. The first-order valence-electron chi connectivity index (χ1n) is 11.1. The van der Waals surface area contributed by atoms with Crippen LogP contribution in [-0.2, 0) is 4.79 Å². The van der Waals surface area contributed by atoms with Crippen LogP contribution in [0.4, 0.5) is 10.1 Å². The zero-order chi connectivity index (χ0) is 23.6. The number of H-pyrrole nitrogens is 1. The second-order valence-corrected chi connectivity index (χ2v) is 9.27. The summed E-state index contributed by atoms with van der Waals surface area (Å²) in [4.78, 5) is 31.6. The van der Waals surface area contributed by atoms with E-state index in [0.717, 1.165) is 26.2 Å². The van der Waals surface area contributed by atoms with Crippen molar-refractivity contribution in [2.75, 3.05) is 38.0 Å². The average Bonchev–Trinajstić information content (AvgIpc) is 2.75. The second kappa shape index (κ2) is 9.33. The van der Waals surface area contributed by atoms with Gasteiger partial charge in [0.15, 0.2) is 11.6 Å². The van der Waals surface area contributed by atoms with Gasteiger partial charge in [0.25, 0.3) is 5.56 Å². The van der Waals surface area contributed by atoms with Crippen molar-refractivity contribution in [3.63, 3.8) is 0 Å². The van der Waals surface area contributed by atoms with Crippen LogP contribution in [-0.4, -0.2) is 59.0 Å². The number of rotatable bonds is 5. The van der Waals surface area contributed by atoms with Gasteiger partial charge in [-0.3, -0.25) is 19.4 Å². The van der Waals surface area contributed by atoms with Crippen molar-refractivity contribution in [1.29, 1.82) is 0 Å². The fraction of sp³-hybridized carbons (Fsp3) is 0.360. The minimum atomic E-state index is -0.629. The Morgan fingerprint density at radius 2 is 1.79 bits per heavy atom. The van der Waals surface area contributed by atoms with Crippen molar-refractivity contribution in [1.82, 2.24) is 14.8 Å². The number of fused-ring (bicyclic) bond motifs is 1. The summed E-state index contributed by atoms with van der Waals surface area (Å²) in [6.45, 7) is 10.3. The number of pyridine rings is 1. The molecular formula is C25H29FN4O3. The lowest BCUT2D eigenvalue weighted by Gasteiger charge is -2.42. The van der Waals surface area contributed by atoms with Crippen molar-refractivity contribution < 1.29 is 13.9 Å². The number of hydrogen-bond donors (Lipinski definition) is 2. The first-order chi connectivity index (χ1) is 15.7. The lowest BCUT2D eigenvalue weighted by Crippen LogP contribution is -2.54. The Balaban J connectivity index is 1.38. The summed E-state index contributed by atoms with van der Waals surface area (Å²) in [7, 11) is 0. The predicted molar refractivity (Wildman–Crippen MR) is 127 cm³/mol. The Hall–Kier alpha value is -3.23. The molecule has 7 nitrogen and oxygen atoms in total. The molecule has 2 heterocycles. The van der Waals surface area contributed by atoms with Crippen molar-refractivity contribution >= 4 is 22.5 Å². The lowest BCUT2D eigenvalue weighted by molar-refractivity contribution is -0.117. The number of anilines is 1. The largest absolute Gasteiger partial charge is 0.453 e. The van der Waals surface area contributed by atoms with Crippen LogP contribution in [0.15, 0.2) is 53.3 Å². The average molecular weight is 453 g/mol. The molecule has 0 spiro atoms. The number of aromatic amines is 1. The Labute approximate surface area is 192 Å². The molecular weight excluding hydrogens is 423 g/mol. The molecule has 0 unspecified atom stereocenters. The Morgan fingerprint density at radius 3 is 2.48 bits per heavy atom. The summed E-state index contributed by atoms with van der Waals surface area (Å²) in [6, 6.07) is 12.7. The van der Waals surface area contributed by atoms with E-state index in [-0.39, 0.29) is 35.0 Å². The third-order valence-corrected chi connectivity index (χ3v) is 5.84. The number of nitrogens with one attached hydrogen (secondary N) is 2. The highest BCUT2D eigenvalue weighted by Gasteiger charge is 2.26. The summed E-state index contributed by atoms with van der Waals surface area (Å²) < 4.78 is 20.4. The Kier molecular flexibility index (Phi) is 6.49. The molecule has 1 fully saturated rings. The standard InChI is InChI=1S/C25H29FN4O3/c1-25(2,3)30-12-10-29(11-13-30)16-24(32)27-17-8-9-21(19(26)14-17)33-22-15-23(31)28-20-7-5-4-6-18(20)22/h4-9,14-15H,10-13,16H2,1-3H3,(H,27,32)(H,28,31). The van der Waals surface area contributed by atoms with Gasteiger partial charge in [-0.25, -0.2) is 4.39 Å². The molecule has 174 valence electrons. The topological polar surface area (TPSA) is 77.7 Å². The first-order valence-corrected chi connectivity index (χ1v) is 11.1. The highest BCUT2D eigenvalue weighted by Crippen LogP contribution is 2.30. The molecule has 2 N–H and O–H groups in total. The van der Waals surface area contributed by atoms with E-state index in [0.29, 0.717) is 16.6 Å². The maximum Gasteiger partial charge on any atom is 0.252 e. The summed E-state index contributed by atoms with van der Waals surface area (Å²) in [6.07, 6.45) is 0. The van der Waals surface area contributed by atoms with Gasteiger partial charge in [0.1, 0.15) is 5.75 Å². The zero-order valence-electron chi connectivity index (χ0n) is 19.2. The van der Waals surface area contributed by atoms with E-state index in [4.69, 9.17) is 4.74 Å². The summed E-state index contributed by atoms with van der Waals surface area (Å²) in [5, 5.41) is 3.42. The number of aromatic nitrogens is 1. The van der Waals surface area contributed by atoms with Gasteiger partial charge in [-0.05, 0) is 45.0 Å². The monoisotopic (exact) mass is 452 g/mol. The number of para-hydroxylation sites is 1. The molecule has 33 heavy (non-hydrogen) atoms. The number of ether oxygens (including phenoxy) is 1. The maximum atomic E-state index is 14.7. The number of amides is 1. The van der Waals surface area contributed by atoms with Gasteiger partial charge in [0.2, 0.25) is 5.91 Å². The molecule has 3 aromatic rings. The quantitative estimate of drug-likeness (QED) is 0.616. The summed E-state index contributed by atoms with van der Waals surface area (Å²) >= 11 is 0. The van der Waals surface area contributed by atoms with Crippen molar-refractivity contribution in [2.45, 2.75) is 26.3 Å². The van der Waals surface area contributed by atoms with Gasteiger partial charge >= 0.3 is 0 Å². The number of nitrogens with zero attached hydrogens (tertiary/aromatic N) is 2. The van der Waals surface area contributed by atoms with Crippen LogP contribution in [0.5, 0.6) is 11.5 Å². The summed E-state index contributed by atoms with van der Waals surface area (Å²) in [5.41, 5.74) is 0.743. The minimum absolute atomic E-state index is 0.0259. The molecule has 4 rings (SSSR count). The molecule has 8 heteroatoms. The molecule has 0 saturated carbocycles. The molecule has 0 radical (unpaired) electrons. The van der Waals surface area contributed by atoms with Gasteiger partial charge in [0, 0.05) is 54.9 Å². The molecule has 1 aromatic heterocycles. The number of piperazine rings is 1. The fourth-order valence-corrected chi connectivity index (χ4v) is 4.02. The van der Waals surface area contributed by atoms with Gasteiger partial charge in [-0.2, -0.15) is 0 Å². The molecule has 1 aliphatic rings. The van der Waals surface area contributed by atoms with Crippen LogP contribution in [0.1, 0.15) is 20.8 Å². The van der Waals surface area contributed by atoms with Crippen LogP contribution < -0.4 is 15.6 Å². The van der Waals surface area contributed by atoms with Crippen LogP contribution >= 0.6 is 0 Å². The zero-order valence-corrected chi connectivity index (χ0v) is 19.2. The van der Waals surface area contributed by atoms with E-state index in [1.54, 1.807) is 24.3 Å². The van der Waals surface area contributed by atoms with E-state index in [2.05, 4.69) is 40.9 Å². The van der Waals surface area contributed by atoms with Gasteiger partial charge < -0.3 is 15.0 Å². The number of carbonyl (C=O) groups excluding carboxylic acids is 1. The SMILES string of the molecule is CC(C)(C)N1CCN(CC(=O)Nc2ccc(Oc3cc(=O)[nH]c4ccccc34)c(F)c2)CC1. The third-order valence-electron chi connectivity index (χ3n) is 5.84. The van der Waals surface area contributed by atoms with E-state index >= 15 is 0 Å². The van der Waals surface area contributed by atoms with E-state index in [1.807, 2.05) is 6.07 Å². The molecule has 2 aromatic carbocycles. The van der Waals surface area contributed by atoms with Crippen molar-refractivity contribution in [2.24, 2.45) is 0 Å². The van der Waals surface area contributed by atoms with Gasteiger partial charge in [0.05, 0.1) is 12.1 Å². The van der Waals surface area contributed by atoms with E-state index in [9.17, 15) is 14.0 Å². The molecule has 1 aliphatic heterocycles. The maximum absolute atomic E-state index is 14.7. The van der Waals surface area contributed by atoms with E-state index < -0.39 is 5.82 Å². The fourth-order valence-electron chi connectivity index (χ4n) is 4.02. The Bertz CT molecular complexity index is 1210. The van der Waals surface area contributed by atoms with Gasteiger partial charge in [-0.15, -0.1) is 0 Å². The number of hydrogen-bond acceptors (Lipinski definition) is 5. The number of benzene rings is 2. The van der Waals surface area contributed by atoms with Crippen molar-refractivity contribution in [3.05, 3.63) is 64.7 Å². The smallest absolute Gasteiger partial charge is 0.252 e. The number of halogens is 1. The van der Waals surface area contributed by atoms with Crippen LogP contribution in [0.25, 0.3) is 10.9 Å². The van der Waals surface area contributed by atoms with Gasteiger partial charge in [-0.1, -0.05) is 12.1 Å².